The molecule has 0 radical (unpaired) electrons. The minimum atomic E-state index is -1.41. The first-order valence-corrected chi connectivity index (χ1v) is 8.95. The molecule has 1 aromatic heterocycles. The molecule has 1 N–H and O–H groups in total. The molecule has 0 bridgehead atoms. The number of H-pyrrole nitrogens is 1. The molecule has 1 aromatic carbocycles. The summed E-state index contributed by atoms with van der Waals surface area (Å²) in [5.41, 5.74) is -0.0698. The zero-order valence-corrected chi connectivity index (χ0v) is 17.2. The lowest BCUT2D eigenvalue weighted by Crippen LogP contribution is -2.42. The first-order chi connectivity index (χ1) is 13.5. The summed E-state index contributed by atoms with van der Waals surface area (Å²) in [6.45, 7) is 7.65. The molecule has 0 aliphatic heterocycles. The molecule has 1 atom stereocenters. The van der Waals surface area contributed by atoms with E-state index in [0.29, 0.717) is 11.3 Å². The van der Waals surface area contributed by atoms with Gasteiger partial charge in [0.1, 0.15) is 11.6 Å². The van der Waals surface area contributed by atoms with Crippen LogP contribution in [0.15, 0.2) is 24.3 Å². The van der Waals surface area contributed by atoms with Gasteiger partial charge in [0.2, 0.25) is 5.78 Å². The molecule has 0 amide bonds. The zero-order chi connectivity index (χ0) is 21.9. The first kappa shape index (κ1) is 22.1. The fourth-order valence-corrected chi connectivity index (χ4v) is 2.80. The van der Waals surface area contributed by atoms with E-state index in [1.54, 1.807) is 13.8 Å². The number of aromatic amines is 1. The molecule has 0 aliphatic rings. The number of ether oxygens (including phenoxy) is 3. The summed E-state index contributed by atoms with van der Waals surface area (Å²) in [6.07, 6.45) is -1.12. The smallest absolute Gasteiger partial charge is 0.350 e. The number of benzene rings is 1. The Kier molecular flexibility index (Phi) is 6.46. The summed E-state index contributed by atoms with van der Waals surface area (Å²) in [6, 6.07) is 5.19. The van der Waals surface area contributed by atoms with E-state index < -0.39 is 35.2 Å². The number of aryl methyl sites for hydroxylation is 1. The van der Waals surface area contributed by atoms with Crippen LogP contribution in [0.4, 0.5) is 4.39 Å². The van der Waals surface area contributed by atoms with Crippen molar-refractivity contribution in [3.63, 3.8) is 0 Å². The summed E-state index contributed by atoms with van der Waals surface area (Å²) >= 11 is 0. The van der Waals surface area contributed by atoms with Crippen LogP contribution in [-0.2, 0) is 14.3 Å². The molecule has 8 heteroatoms. The van der Waals surface area contributed by atoms with E-state index in [1.165, 1.54) is 52.1 Å². The van der Waals surface area contributed by atoms with Gasteiger partial charge >= 0.3 is 11.9 Å². The number of hydrogen-bond acceptors (Lipinski definition) is 6. The largest absolute Gasteiger partial charge is 0.476 e. The Morgan fingerprint density at radius 1 is 1.10 bits per heavy atom. The van der Waals surface area contributed by atoms with E-state index in [-0.39, 0.29) is 17.0 Å². The summed E-state index contributed by atoms with van der Waals surface area (Å²) < 4.78 is 28.6. The maximum absolute atomic E-state index is 13.0. The van der Waals surface area contributed by atoms with Crippen molar-refractivity contribution < 1.29 is 33.0 Å². The fourth-order valence-electron chi connectivity index (χ4n) is 2.80. The maximum Gasteiger partial charge on any atom is 0.350 e. The second kappa shape index (κ2) is 8.46. The summed E-state index contributed by atoms with van der Waals surface area (Å²) in [5, 5.41) is 0. The van der Waals surface area contributed by atoms with Crippen molar-refractivity contribution in [2.24, 2.45) is 0 Å². The number of nitrogens with one attached hydrogen (secondary N) is 1. The van der Waals surface area contributed by atoms with Crippen LogP contribution in [0.1, 0.15) is 52.9 Å². The highest BCUT2D eigenvalue weighted by Crippen LogP contribution is 2.23. The molecule has 156 valence electrons. The van der Waals surface area contributed by atoms with Gasteiger partial charge in [-0.3, -0.25) is 4.79 Å². The molecule has 0 fully saturated rings. The monoisotopic (exact) mass is 405 g/mol. The van der Waals surface area contributed by atoms with E-state index in [1.807, 2.05) is 0 Å². The van der Waals surface area contributed by atoms with Crippen LogP contribution >= 0.6 is 0 Å². The molecular formula is C21H24FNO6. The third-order valence-electron chi connectivity index (χ3n) is 4.40. The normalized spacial score (nSPS) is 12.2. The number of hydrogen-bond donors (Lipinski definition) is 1. The highest BCUT2D eigenvalue weighted by atomic mass is 19.1. The molecule has 2 rings (SSSR count). The third-order valence-corrected chi connectivity index (χ3v) is 4.40. The molecule has 29 heavy (non-hydrogen) atoms. The average molecular weight is 405 g/mol. The quantitative estimate of drug-likeness (QED) is 0.559. The average Bonchev–Trinajstić information content (AvgIpc) is 2.96. The Morgan fingerprint density at radius 3 is 2.24 bits per heavy atom. The van der Waals surface area contributed by atoms with Gasteiger partial charge in [-0.2, -0.15) is 0 Å². The van der Waals surface area contributed by atoms with E-state index in [2.05, 4.69) is 4.98 Å². The SMILES string of the molecule is COC(=O)c1c(C)[nH]c(C(=O)[C@H](C)OC(=O)C(C)(C)Oc2ccc(F)cc2)c1C. The molecule has 2 aromatic rings. The number of carbonyl (C=O) groups is 3. The van der Waals surface area contributed by atoms with Crippen LogP contribution in [-0.4, -0.2) is 41.5 Å². The van der Waals surface area contributed by atoms with Crippen molar-refractivity contribution in [2.45, 2.75) is 46.3 Å². The van der Waals surface area contributed by atoms with Crippen molar-refractivity contribution >= 4 is 17.7 Å². The molecule has 7 nitrogen and oxygen atoms in total. The highest BCUT2D eigenvalue weighted by Gasteiger charge is 2.35. The van der Waals surface area contributed by atoms with Crippen molar-refractivity contribution in [3.8, 4) is 5.75 Å². The third kappa shape index (κ3) is 4.82. The number of methoxy groups -OCH3 is 1. The Bertz CT molecular complexity index is 929. The number of aromatic nitrogens is 1. The topological polar surface area (TPSA) is 94.7 Å². The summed E-state index contributed by atoms with van der Waals surface area (Å²) in [7, 11) is 1.25. The second-order valence-electron chi connectivity index (χ2n) is 7.09. The van der Waals surface area contributed by atoms with E-state index in [4.69, 9.17) is 14.2 Å². The molecule has 0 aliphatic carbocycles. The molecule has 1 heterocycles. The van der Waals surface area contributed by atoms with Crippen molar-refractivity contribution in [2.75, 3.05) is 7.11 Å². The van der Waals surface area contributed by atoms with Crippen molar-refractivity contribution in [3.05, 3.63) is 52.6 Å². The van der Waals surface area contributed by atoms with Crippen LogP contribution in [0, 0.1) is 19.7 Å². The molecule has 0 unspecified atom stereocenters. The van der Waals surface area contributed by atoms with Gasteiger partial charge in [-0.1, -0.05) is 0 Å². The molecule has 0 saturated carbocycles. The number of carbonyl (C=O) groups excluding carboxylic acids is 3. The predicted molar refractivity (Wildman–Crippen MR) is 103 cm³/mol. The zero-order valence-electron chi connectivity index (χ0n) is 17.2. The van der Waals surface area contributed by atoms with Gasteiger partial charge in [-0.05, 0) is 64.4 Å². The maximum atomic E-state index is 13.0. The second-order valence-corrected chi connectivity index (χ2v) is 7.09. The van der Waals surface area contributed by atoms with Crippen LogP contribution in [0.3, 0.4) is 0 Å². The minimum absolute atomic E-state index is 0.167. The Hall–Kier alpha value is -3.16. The van der Waals surface area contributed by atoms with Crippen LogP contribution < -0.4 is 4.74 Å². The van der Waals surface area contributed by atoms with Crippen LogP contribution in [0.5, 0.6) is 5.75 Å². The van der Waals surface area contributed by atoms with E-state index in [0.717, 1.165) is 0 Å². The predicted octanol–water partition coefficient (Wildman–Crippen LogP) is 3.53. The lowest BCUT2D eigenvalue weighted by atomic mass is 10.1. The lowest BCUT2D eigenvalue weighted by molar-refractivity contribution is -0.162. The van der Waals surface area contributed by atoms with Crippen molar-refractivity contribution in [1.29, 1.82) is 0 Å². The summed E-state index contributed by atoms with van der Waals surface area (Å²) in [4.78, 5) is 40.0. The van der Waals surface area contributed by atoms with Gasteiger partial charge in [-0.25, -0.2) is 14.0 Å². The van der Waals surface area contributed by atoms with Gasteiger partial charge in [0, 0.05) is 5.69 Å². The number of esters is 2. The van der Waals surface area contributed by atoms with Crippen molar-refractivity contribution in [1.82, 2.24) is 4.98 Å². The number of rotatable bonds is 7. The van der Waals surface area contributed by atoms with Gasteiger partial charge in [0.25, 0.3) is 0 Å². The number of ketones is 1. The Morgan fingerprint density at radius 2 is 1.69 bits per heavy atom. The van der Waals surface area contributed by atoms with Crippen LogP contribution in [0.2, 0.25) is 0 Å². The Labute approximate surface area is 168 Å². The fraction of sp³-hybridized carbons (Fsp3) is 0.381. The van der Waals surface area contributed by atoms with Gasteiger partial charge < -0.3 is 19.2 Å². The van der Waals surface area contributed by atoms with E-state index in [9.17, 15) is 18.8 Å². The Balaban J connectivity index is 2.13. The first-order valence-electron chi connectivity index (χ1n) is 8.95. The molecule has 0 spiro atoms. The van der Waals surface area contributed by atoms with Crippen LogP contribution in [0.25, 0.3) is 0 Å². The van der Waals surface area contributed by atoms with Gasteiger partial charge in [0.05, 0.1) is 18.4 Å². The summed E-state index contributed by atoms with van der Waals surface area (Å²) in [5.74, 6) is -1.97. The highest BCUT2D eigenvalue weighted by molar-refractivity contribution is 6.04. The standard InChI is InChI=1S/C21H24FNO6/c1-11-16(19(25)27-6)12(2)23-17(11)18(24)13(3)28-20(26)21(4,5)29-15-9-7-14(22)8-10-15/h7-10,13,23H,1-6H3/t13-/m0/s1. The minimum Gasteiger partial charge on any atom is -0.476 e. The lowest BCUT2D eigenvalue weighted by Gasteiger charge is -2.26. The van der Waals surface area contributed by atoms with E-state index >= 15 is 0 Å². The number of Topliss-reactive ketones (excluding diaryl/α,β-unsaturated/α-hetero) is 1. The molecule has 0 saturated heterocycles. The molecular weight excluding hydrogens is 381 g/mol. The number of halogens is 1. The van der Waals surface area contributed by atoms with Gasteiger partial charge in [-0.15, -0.1) is 0 Å². The van der Waals surface area contributed by atoms with Gasteiger partial charge in [0.15, 0.2) is 11.7 Å².